The lowest BCUT2D eigenvalue weighted by Gasteiger charge is -2.26. The molecule has 2 fully saturated rings. The molecular weight excluding hydrogens is 246 g/mol. The summed E-state index contributed by atoms with van der Waals surface area (Å²) < 4.78 is 0. The molecule has 3 nitrogen and oxygen atoms in total. The van der Waals surface area contributed by atoms with Crippen molar-refractivity contribution in [1.29, 1.82) is 0 Å². The molecule has 0 radical (unpaired) electrons. The molecule has 2 aliphatic heterocycles. The predicted octanol–water partition coefficient (Wildman–Crippen LogP) is 2.09. The van der Waals surface area contributed by atoms with Gasteiger partial charge in [0.25, 0.3) is 0 Å². The van der Waals surface area contributed by atoms with Crippen LogP contribution >= 0.6 is 0 Å². The Morgan fingerprint density at radius 1 is 0.800 bits per heavy atom. The van der Waals surface area contributed by atoms with Gasteiger partial charge in [-0.05, 0) is 75.0 Å². The Bertz CT molecular complexity index is 259. The molecule has 2 aliphatic rings. The Morgan fingerprint density at radius 3 is 2.10 bits per heavy atom. The maximum absolute atomic E-state index is 3.72. The van der Waals surface area contributed by atoms with E-state index >= 15 is 0 Å². The molecule has 20 heavy (non-hydrogen) atoms. The smallest absolute Gasteiger partial charge is 0.00768 e. The Kier molecular flexibility index (Phi) is 6.79. The molecule has 0 amide bonds. The van der Waals surface area contributed by atoms with Crippen LogP contribution in [0.3, 0.4) is 0 Å². The third-order valence-corrected chi connectivity index (χ3v) is 5.53. The zero-order chi connectivity index (χ0) is 14.4. The minimum Gasteiger partial charge on any atom is -0.316 e. The van der Waals surface area contributed by atoms with Gasteiger partial charge in [-0.15, -0.1) is 0 Å². The van der Waals surface area contributed by atoms with E-state index < -0.39 is 0 Å². The first-order valence-electron chi connectivity index (χ1n) is 8.79. The summed E-state index contributed by atoms with van der Waals surface area (Å²) in [6.45, 7) is 14.3. The first-order chi connectivity index (χ1) is 9.66. The van der Waals surface area contributed by atoms with Gasteiger partial charge in [0.1, 0.15) is 0 Å². The van der Waals surface area contributed by atoms with Crippen LogP contribution in [0.1, 0.15) is 40.0 Å². The van der Waals surface area contributed by atoms with Gasteiger partial charge < -0.3 is 16.0 Å². The summed E-state index contributed by atoms with van der Waals surface area (Å²) in [5.74, 6) is 4.24. The highest BCUT2D eigenvalue weighted by Crippen LogP contribution is 2.28. The van der Waals surface area contributed by atoms with Gasteiger partial charge in [-0.3, -0.25) is 0 Å². The summed E-state index contributed by atoms with van der Waals surface area (Å²) in [5, 5.41) is 10.9. The molecule has 3 heteroatoms. The quantitative estimate of drug-likeness (QED) is 0.738. The third kappa shape index (κ3) is 5.01. The van der Waals surface area contributed by atoms with E-state index in [1.807, 2.05) is 0 Å². The lowest BCUT2D eigenvalue weighted by atomic mass is 9.82. The van der Waals surface area contributed by atoms with E-state index in [-0.39, 0.29) is 0 Å². The summed E-state index contributed by atoms with van der Waals surface area (Å²) >= 11 is 0. The first kappa shape index (κ1) is 16.3. The Labute approximate surface area is 125 Å². The van der Waals surface area contributed by atoms with E-state index in [0.717, 1.165) is 42.7 Å². The van der Waals surface area contributed by atoms with Crippen LogP contribution in [-0.2, 0) is 0 Å². The van der Waals surface area contributed by atoms with Gasteiger partial charge in [0.15, 0.2) is 0 Å². The molecule has 0 bridgehead atoms. The summed E-state index contributed by atoms with van der Waals surface area (Å²) in [5.41, 5.74) is 0. The van der Waals surface area contributed by atoms with E-state index in [4.69, 9.17) is 0 Å². The van der Waals surface area contributed by atoms with Crippen LogP contribution in [0, 0.1) is 29.6 Å². The largest absolute Gasteiger partial charge is 0.316 e. The Hall–Kier alpha value is -0.120. The number of rotatable bonds is 4. The maximum Gasteiger partial charge on any atom is 0.00768 e. The fraction of sp³-hybridized carbons (Fsp3) is 1.00. The van der Waals surface area contributed by atoms with E-state index in [0.29, 0.717) is 0 Å². The van der Waals surface area contributed by atoms with Crippen LogP contribution in [0.2, 0.25) is 0 Å². The van der Waals surface area contributed by atoms with Crippen LogP contribution in [0.25, 0.3) is 0 Å². The molecule has 3 atom stereocenters. The van der Waals surface area contributed by atoms with Crippen LogP contribution in [0.5, 0.6) is 0 Å². The van der Waals surface area contributed by atoms with Gasteiger partial charge in [-0.2, -0.15) is 0 Å². The second-order valence-corrected chi connectivity index (χ2v) is 7.49. The molecule has 3 unspecified atom stereocenters. The number of hydrogen-bond acceptors (Lipinski definition) is 3. The zero-order valence-electron chi connectivity index (χ0n) is 13.8. The average Bonchev–Trinajstić information content (AvgIpc) is 2.80. The van der Waals surface area contributed by atoms with Gasteiger partial charge in [0.2, 0.25) is 0 Å². The highest BCUT2D eigenvalue weighted by molar-refractivity contribution is 4.80. The third-order valence-electron chi connectivity index (χ3n) is 5.53. The second kappa shape index (κ2) is 8.35. The van der Waals surface area contributed by atoms with E-state index in [1.54, 1.807) is 0 Å². The normalized spacial score (nSPS) is 31.8. The standard InChI is InChI=1S/C17H35N3/c1-13(2)16-5-4-15(9-20-10-16)8-14(3)17-11-18-6-7-19-12-17/h13-20H,4-12H2,1-3H3. The molecule has 0 aliphatic carbocycles. The molecule has 2 heterocycles. The van der Waals surface area contributed by atoms with Crippen molar-refractivity contribution in [1.82, 2.24) is 16.0 Å². The first-order valence-corrected chi connectivity index (χ1v) is 8.79. The van der Waals surface area contributed by atoms with Crippen molar-refractivity contribution in [3.05, 3.63) is 0 Å². The lowest BCUT2D eigenvalue weighted by molar-refractivity contribution is 0.270. The lowest BCUT2D eigenvalue weighted by Crippen LogP contribution is -2.32. The van der Waals surface area contributed by atoms with Crippen molar-refractivity contribution >= 4 is 0 Å². The molecule has 0 aromatic rings. The van der Waals surface area contributed by atoms with Gasteiger partial charge in [-0.1, -0.05) is 20.8 Å². The minimum absolute atomic E-state index is 0.807. The topological polar surface area (TPSA) is 36.1 Å². The minimum atomic E-state index is 0.807. The van der Waals surface area contributed by atoms with Crippen LogP contribution in [0.4, 0.5) is 0 Å². The van der Waals surface area contributed by atoms with Gasteiger partial charge >= 0.3 is 0 Å². The molecular formula is C17H35N3. The monoisotopic (exact) mass is 281 g/mol. The molecule has 0 spiro atoms. The Balaban J connectivity index is 1.77. The fourth-order valence-electron chi connectivity index (χ4n) is 3.84. The van der Waals surface area contributed by atoms with Crippen molar-refractivity contribution < 1.29 is 0 Å². The van der Waals surface area contributed by atoms with Crippen LogP contribution in [0.15, 0.2) is 0 Å². The summed E-state index contributed by atoms with van der Waals surface area (Å²) in [7, 11) is 0. The van der Waals surface area contributed by atoms with Crippen molar-refractivity contribution in [2.24, 2.45) is 29.6 Å². The van der Waals surface area contributed by atoms with Gasteiger partial charge in [0.05, 0.1) is 0 Å². The number of nitrogens with one attached hydrogen (secondary N) is 3. The second-order valence-electron chi connectivity index (χ2n) is 7.49. The van der Waals surface area contributed by atoms with Gasteiger partial charge in [0, 0.05) is 13.1 Å². The summed E-state index contributed by atoms with van der Waals surface area (Å²) in [6, 6.07) is 0. The molecule has 0 aromatic heterocycles. The summed E-state index contributed by atoms with van der Waals surface area (Å²) in [6.07, 6.45) is 4.24. The molecule has 0 saturated carbocycles. The van der Waals surface area contributed by atoms with Crippen molar-refractivity contribution in [2.45, 2.75) is 40.0 Å². The van der Waals surface area contributed by atoms with E-state index in [1.165, 1.54) is 45.4 Å². The predicted molar refractivity (Wildman–Crippen MR) is 86.9 cm³/mol. The van der Waals surface area contributed by atoms with Crippen LogP contribution in [-0.4, -0.2) is 39.3 Å². The summed E-state index contributed by atoms with van der Waals surface area (Å²) in [4.78, 5) is 0. The van der Waals surface area contributed by atoms with Gasteiger partial charge in [-0.25, -0.2) is 0 Å². The average molecular weight is 281 g/mol. The molecule has 2 rings (SSSR count). The van der Waals surface area contributed by atoms with E-state index in [2.05, 4.69) is 36.7 Å². The van der Waals surface area contributed by atoms with Crippen molar-refractivity contribution in [2.75, 3.05) is 39.3 Å². The van der Waals surface area contributed by atoms with Crippen molar-refractivity contribution in [3.63, 3.8) is 0 Å². The van der Waals surface area contributed by atoms with Crippen molar-refractivity contribution in [3.8, 4) is 0 Å². The highest BCUT2D eigenvalue weighted by Gasteiger charge is 2.25. The molecule has 3 N–H and O–H groups in total. The molecule has 2 saturated heterocycles. The van der Waals surface area contributed by atoms with Crippen LogP contribution < -0.4 is 16.0 Å². The SMILES string of the molecule is CC(C)C1CCC(CC(C)C2CNCCNC2)CNC1. The Morgan fingerprint density at radius 2 is 1.45 bits per heavy atom. The molecule has 0 aromatic carbocycles. The fourth-order valence-corrected chi connectivity index (χ4v) is 3.84. The molecule has 118 valence electrons. The maximum atomic E-state index is 3.72. The number of hydrogen-bond donors (Lipinski definition) is 3. The van der Waals surface area contributed by atoms with E-state index in [9.17, 15) is 0 Å². The highest BCUT2D eigenvalue weighted by atomic mass is 15.0. The zero-order valence-corrected chi connectivity index (χ0v) is 13.8.